The van der Waals surface area contributed by atoms with E-state index in [1.165, 1.54) is 5.56 Å². The van der Waals surface area contributed by atoms with Gasteiger partial charge >= 0.3 is 0 Å². The van der Waals surface area contributed by atoms with Crippen LogP contribution in [0, 0.1) is 12.8 Å². The predicted octanol–water partition coefficient (Wildman–Crippen LogP) is 1.69. The predicted molar refractivity (Wildman–Crippen MR) is 68.3 cm³/mol. The van der Waals surface area contributed by atoms with Gasteiger partial charge < -0.3 is 9.84 Å². The molecule has 0 spiro atoms. The molecular formula is C14H21NO2. The van der Waals surface area contributed by atoms with Gasteiger partial charge in [-0.15, -0.1) is 0 Å². The minimum atomic E-state index is 0.315. The van der Waals surface area contributed by atoms with Crippen LogP contribution in [0.1, 0.15) is 12.0 Å². The fourth-order valence-corrected chi connectivity index (χ4v) is 2.19. The molecule has 0 amide bonds. The molecule has 0 bridgehead atoms. The van der Waals surface area contributed by atoms with Gasteiger partial charge in [-0.25, -0.2) is 0 Å². The second kappa shape index (κ2) is 6.03. The number of aliphatic hydroxyl groups is 1. The lowest BCUT2D eigenvalue weighted by molar-refractivity contribution is 0.204. The van der Waals surface area contributed by atoms with Crippen LogP contribution in [0.2, 0.25) is 0 Å². The third-order valence-corrected chi connectivity index (χ3v) is 3.33. The minimum Gasteiger partial charge on any atom is -0.492 e. The van der Waals surface area contributed by atoms with E-state index in [4.69, 9.17) is 9.84 Å². The van der Waals surface area contributed by atoms with E-state index in [0.29, 0.717) is 12.5 Å². The highest BCUT2D eigenvalue weighted by Gasteiger charge is 2.20. The molecule has 0 radical (unpaired) electrons. The maximum absolute atomic E-state index is 9.06. The van der Waals surface area contributed by atoms with E-state index in [-0.39, 0.29) is 0 Å². The zero-order valence-electron chi connectivity index (χ0n) is 10.4. The molecule has 3 nitrogen and oxygen atoms in total. The molecule has 0 aromatic heterocycles. The Labute approximate surface area is 103 Å². The summed E-state index contributed by atoms with van der Waals surface area (Å²) in [7, 11) is 0. The summed E-state index contributed by atoms with van der Waals surface area (Å²) in [6.45, 7) is 6.15. The third-order valence-electron chi connectivity index (χ3n) is 3.33. The van der Waals surface area contributed by atoms with Crippen molar-refractivity contribution in [1.82, 2.24) is 4.90 Å². The van der Waals surface area contributed by atoms with E-state index in [0.717, 1.165) is 38.4 Å². The lowest BCUT2D eigenvalue weighted by Crippen LogP contribution is -2.26. The first kappa shape index (κ1) is 12.4. The van der Waals surface area contributed by atoms with Crippen LogP contribution in [0.3, 0.4) is 0 Å². The second-order valence-corrected chi connectivity index (χ2v) is 4.80. The lowest BCUT2D eigenvalue weighted by atomic mass is 10.1. The number of hydrogen-bond acceptors (Lipinski definition) is 3. The van der Waals surface area contributed by atoms with Crippen LogP contribution in [0.25, 0.3) is 0 Å². The first-order valence-corrected chi connectivity index (χ1v) is 6.30. The molecule has 1 saturated heterocycles. The summed E-state index contributed by atoms with van der Waals surface area (Å²) in [5.74, 6) is 1.41. The molecule has 1 atom stereocenters. The number of hydrogen-bond donors (Lipinski definition) is 1. The van der Waals surface area contributed by atoms with E-state index in [1.807, 2.05) is 12.1 Å². The summed E-state index contributed by atoms with van der Waals surface area (Å²) in [5.41, 5.74) is 1.25. The van der Waals surface area contributed by atoms with Crippen LogP contribution in [0.15, 0.2) is 24.3 Å². The lowest BCUT2D eigenvalue weighted by Gasteiger charge is -2.15. The molecule has 0 aliphatic carbocycles. The summed E-state index contributed by atoms with van der Waals surface area (Å²) >= 11 is 0. The molecule has 1 fully saturated rings. The number of rotatable bonds is 5. The normalized spacial score (nSPS) is 20.7. The van der Waals surface area contributed by atoms with E-state index in [2.05, 4.69) is 24.0 Å². The molecule has 0 saturated carbocycles. The second-order valence-electron chi connectivity index (χ2n) is 4.80. The Hall–Kier alpha value is -1.06. The third kappa shape index (κ3) is 3.72. The summed E-state index contributed by atoms with van der Waals surface area (Å²) in [6.07, 6.45) is 1.11. The molecule has 1 heterocycles. The monoisotopic (exact) mass is 235 g/mol. The molecule has 2 rings (SSSR count). The Kier molecular flexibility index (Phi) is 4.40. The summed E-state index contributed by atoms with van der Waals surface area (Å²) < 4.78 is 5.69. The maximum atomic E-state index is 9.06. The van der Waals surface area contributed by atoms with Crippen LogP contribution in [0.4, 0.5) is 0 Å². The Bertz CT molecular complexity index is 337. The van der Waals surface area contributed by atoms with Crippen molar-refractivity contribution in [2.45, 2.75) is 13.3 Å². The Morgan fingerprint density at radius 2 is 2.12 bits per heavy atom. The van der Waals surface area contributed by atoms with Gasteiger partial charge in [0.25, 0.3) is 0 Å². The van der Waals surface area contributed by atoms with Crippen LogP contribution in [-0.2, 0) is 0 Å². The number of nitrogens with zero attached hydrogens (tertiary/aromatic N) is 1. The summed E-state index contributed by atoms with van der Waals surface area (Å²) in [5, 5.41) is 9.06. The van der Waals surface area contributed by atoms with Crippen molar-refractivity contribution < 1.29 is 9.84 Å². The minimum absolute atomic E-state index is 0.315. The fraction of sp³-hybridized carbons (Fsp3) is 0.571. The van der Waals surface area contributed by atoms with E-state index < -0.39 is 0 Å². The molecule has 1 unspecified atom stereocenters. The Morgan fingerprint density at radius 1 is 1.35 bits per heavy atom. The van der Waals surface area contributed by atoms with Crippen LogP contribution < -0.4 is 4.74 Å². The first-order valence-electron chi connectivity index (χ1n) is 6.30. The van der Waals surface area contributed by atoms with Gasteiger partial charge in [0.2, 0.25) is 0 Å². The Balaban J connectivity index is 1.68. The van der Waals surface area contributed by atoms with Gasteiger partial charge in [-0.3, -0.25) is 4.90 Å². The number of aliphatic hydroxyl groups excluding tert-OH is 1. The highest BCUT2D eigenvalue weighted by atomic mass is 16.5. The van der Waals surface area contributed by atoms with E-state index >= 15 is 0 Å². The van der Waals surface area contributed by atoms with E-state index in [1.54, 1.807) is 0 Å². The smallest absolute Gasteiger partial charge is 0.119 e. The van der Waals surface area contributed by atoms with E-state index in [9.17, 15) is 0 Å². The molecule has 17 heavy (non-hydrogen) atoms. The van der Waals surface area contributed by atoms with Gasteiger partial charge in [-0.05, 0) is 37.9 Å². The first-order chi connectivity index (χ1) is 8.28. The van der Waals surface area contributed by atoms with Crippen LogP contribution in [0.5, 0.6) is 5.75 Å². The average Bonchev–Trinajstić information content (AvgIpc) is 2.80. The standard InChI is InChI=1S/C14H21NO2/c1-12-2-4-14(5-3-12)17-9-8-15-7-6-13(10-15)11-16/h2-5,13,16H,6-11H2,1H3. The summed E-state index contributed by atoms with van der Waals surface area (Å²) in [6, 6.07) is 8.14. The van der Waals surface area contributed by atoms with Gasteiger partial charge in [0.1, 0.15) is 12.4 Å². The molecule has 1 aliphatic rings. The van der Waals surface area contributed by atoms with Gasteiger partial charge in [-0.2, -0.15) is 0 Å². The highest BCUT2D eigenvalue weighted by Crippen LogP contribution is 2.15. The highest BCUT2D eigenvalue weighted by molar-refractivity contribution is 5.26. The van der Waals surface area contributed by atoms with Crippen molar-refractivity contribution in [2.24, 2.45) is 5.92 Å². The number of benzene rings is 1. The largest absolute Gasteiger partial charge is 0.492 e. The maximum Gasteiger partial charge on any atom is 0.119 e. The van der Waals surface area contributed by atoms with Crippen LogP contribution in [-0.4, -0.2) is 42.9 Å². The van der Waals surface area contributed by atoms with Gasteiger partial charge in [0.15, 0.2) is 0 Å². The molecule has 1 aliphatic heterocycles. The topological polar surface area (TPSA) is 32.7 Å². The van der Waals surface area contributed by atoms with Gasteiger partial charge in [-0.1, -0.05) is 17.7 Å². The average molecular weight is 235 g/mol. The van der Waals surface area contributed by atoms with Gasteiger partial charge in [0.05, 0.1) is 0 Å². The Morgan fingerprint density at radius 3 is 2.76 bits per heavy atom. The molecule has 1 N–H and O–H groups in total. The van der Waals surface area contributed by atoms with Crippen molar-refractivity contribution in [1.29, 1.82) is 0 Å². The van der Waals surface area contributed by atoms with Crippen molar-refractivity contribution in [2.75, 3.05) is 32.8 Å². The molecular weight excluding hydrogens is 214 g/mol. The van der Waals surface area contributed by atoms with Gasteiger partial charge in [0, 0.05) is 19.7 Å². The number of likely N-dealkylation sites (tertiary alicyclic amines) is 1. The zero-order valence-corrected chi connectivity index (χ0v) is 10.4. The quantitative estimate of drug-likeness (QED) is 0.843. The van der Waals surface area contributed by atoms with Crippen molar-refractivity contribution in [3.05, 3.63) is 29.8 Å². The summed E-state index contributed by atoms with van der Waals surface area (Å²) in [4.78, 5) is 2.36. The number of ether oxygens (including phenoxy) is 1. The SMILES string of the molecule is Cc1ccc(OCCN2CCC(CO)C2)cc1. The van der Waals surface area contributed by atoms with Crippen LogP contribution >= 0.6 is 0 Å². The molecule has 3 heteroatoms. The molecule has 1 aromatic rings. The van der Waals surface area contributed by atoms with Crippen molar-refractivity contribution in [3.63, 3.8) is 0 Å². The molecule has 1 aromatic carbocycles. The number of aryl methyl sites for hydroxylation is 1. The van der Waals surface area contributed by atoms with Crippen molar-refractivity contribution >= 4 is 0 Å². The molecule has 94 valence electrons. The zero-order chi connectivity index (χ0) is 12.1. The fourth-order valence-electron chi connectivity index (χ4n) is 2.19. The van der Waals surface area contributed by atoms with Crippen molar-refractivity contribution in [3.8, 4) is 5.75 Å².